The van der Waals surface area contributed by atoms with E-state index in [9.17, 15) is 18.3 Å². The number of β-amino-alcohol motifs (C(OH)–C–C–N with tert-alkyl or cyclic N) is 1. The topological polar surface area (TPSA) is 44.5 Å². The molecule has 26 heavy (non-hydrogen) atoms. The summed E-state index contributed by atoms with van der Waals surface area (Å²) in [5.41, 5.74) is 0.266. The van der Waals surface area contributed by atoms with Gasteiger partial charge in [-0.05, 0) is 23.8 Å². The van der Waals surface area contributed by atoms with Gasteiger partial charge in [-0.15, -0.1) is 0 Å². The van der Waals surface area contributed by atoms with Crippen LogP contribution in [0.5, 0.6) is 0 Å². The van der Waals surface area contributed by atoms with Crippen molar-refractivity contribution in [3.8, 4) is 0 Å². The van der Waals surface area contributed by atoms with E-state index in [0.29, 0.717) is 19.6 Å². The van der Waals surface area contributed by atoms with Gasteiger partial charge in [0.25, 0.3) is 0 Å². The Labute approximate surface area is 150 Å². The van der Waals surface area contributed by atoms with Gasteiger partial charge in [-0.25, -0.2) is 0 Å². The molecule has 142 valence electrons. The van der Waals surface area contributed by atoms with Crippen LogP contribution in [-0.2, 0) is 19.3 Å². The van der Waals surface area contributed by atoms with E-state index in [1.54, 1.807) is 23.0 Å². The summed E-state index contributed by atoms with van der Waals surface area (Å²) in [6.07, 6.45) is -1.25. The van der Waals surface area contributed by atoms with Gasteiger partial charge in [-0.2, -0.15) is 18.3 Å². The molecule has 1 saturated heterocycles. The second-order valence-corrected chi connectivity index (χ2v) is 6.65. The van der Waals surface area contributed by atoms with Gasteiger partial charge >= 0.3 is 6.18 Å². The van der Waals surface area contributed by atoms with Crippen LogP contribution in [0, 0.1) is 0 Å². The fourth-order valence-corrected chi connectivity index (χ4v) is 3.17. The predicted octanol–water partition coefficient (Wildman–Crippen LogP) is 2.08. The molecule has 2 heterocycles. The Kier molecular flexibility index (Phi) is 5.95. The lowest BCUT2D eigenvalue weighted by molar-refractivity contribution is -0.137. The summed E-state index contributed by atoms with van der Waals surface area (Å²) in [7, 11) is 0. The van der Waals surface area contributed by atoms with Crippen molar-refractivity contribution >= 4 is 0 Å². The molecule has 8 heteroatoms. The lowest BCUT2D eigenvalue weighted by Gasteiger charge is -2.35. The van der Waals surface area contributed by atoms with E-state index in [0.717, 1.165) is 43.9 Å². The van der Waals surface area contributed by atoms with Gasteiger partial charge < -0.3 is 5.11 Å². The van der Waals surface area contributed by atoms with E-state index in [1.165, 1.54) is 0 Å². The number of hydrogen-bond acceptors (Lipinski definition) is 4. The highest BCUT2D eigenvalue weighted by molar-refractivity contribution is 5.24. The van der Waals surface area contributed by atoms with Gasteiger partial charge in [-0.1, -0.05) is 12.1 Å². The number of alkyl halides is 3. The molecule has 5 nitrogen and oxygen atoms in total. The van der Waals surface area contributed by atoms with Crippen LogP contribution in [-0.4, -0.2) is 63.5 Å². The van der Waals surface area contributed by atoms with Crippen molar-refractivity contribution in [3.05, 3.63) is 53.9 Å². The van der Waals surface area contributed by atoms with Crippen LogP contribution in [0.3, 0.4) is 0 Å². The number of piperazine rings is 1. The molecule has 1 fully saturated rings. The molecule has 0 aliphatic carbocycles. The summed E-state index contributed by atoms with van der Waals surface area (Å²) < 4.78 is 39.5. The Hall–Kier alpha value is -1.90. The lowest BCUT2D eigenvalue weighted by Crippen LogP contribution is -2.48. The molecule has 1 N–H and O–H groups in total. The maximum atomic E-state index is 12.6. The third kappa shape index (κ3) is 5.30. The fraction of sp³-hybridized carbons (Fsp3) is 0.500. The van der Waals surface area contributed by atoms with Gasteiger partial charge in [0.05, 0.1) is 18.2 Å². The first kappa shape index (κ1) is 18.9. The number of benzene rings is 1. The van der Waals surface area contributed by atoms with Crippen LogP contribution >= 0.6 is 0 Å². The number of nitrogens with zero attached hydrogens (tertiary/aromatic N) is 4. The Morgan fingerprint density at radius 2 is 1.65 bits per heavy atom. The molecule has 0 amide bonds. The van der Waals surface area contributed by atoms with Crippen molar-refractivity contribution in [1.82, 2.24) is 19.6 Å². The Morgan fingerprint density at radius 3 is 2.23 bits per heavy atom. The third-order valence-corrected chi connectivity index (χ3v) is 4.58. The van der Waals surface area contributed by atoms with Crippen LogP contribution in [0.15, 0.2) is 42.7 Å². The number of rotatable bonds is 6. The highest BCUT2D eigenvalue weighted by Crippen LogP contribution is 2.29. The smallest absolute Gasteiger partial charge is 0.390 e. The van der Waals surface area contributed by atoms with Crippen LogP contribution in [0.4, 0.5) is 13.2 Å². The van der Waals surface area contributed by atoms with Gasteiger partial charge in [0.2, 0.25) is 0 Å². The zero-order valence-electron chi connectivity index (χ0n) is 14.4. The number of aromatic nitrogens is 2. The number of hydrogen-bond donors (Lipinski definition) is 1. The average molecular weight is 368 g/mol. The number of aliphatic hydroxyl groups is 1. The first-order valence-electron chi connectivity index (χ1n) is 8.66. The lowest BCUT2D eigenvalue weighted by atomic mass is 10.1. The summed E-state index contributed by atoms with van der Waals surface area (Å²) in [4.78, 5) is 4.43. The zero-order chi connectivity index (χ0) is 18.6. The normalized spacial score (nSPS) is 18.2. The molecule has 0 bridgehead atoms. The number of aliphatic hydroxyl groups excluding tert-OH is 1. The maximum absolute atomic E-state index is 12.6. The van der Waals surface area contributed by atoms with Crippen LogP contribution in [0.2, 0.25) is 0 Å². The summed E-state index contributed by atoms with van der Waals surface area (Å²) in [6, 6.07) is 7.19. The SMILES string of the molecule is OC(CN1CCN(Cc2ccc(C(F)(F)F)cc2)CC1)Cn1cccn1. The first-order valence-corrected chi connectivity index (χ1v) is 8.66. The molecule has 1 atom stereocenters. The fourth-order valence-electron chi connectivity index (χ4n) is 3.17. The van der Waals surface area contributed by atoms with Crippen molar-refractivity contribution in [3.63, 3.8) is 0 Å². The molecule has 1 aliphatic heterocycles. The minimum atomic E-state index is -4.29. The molecule has 1 aromatic heterocycles. The average Bonchev–Trinajstić information content (AvgIpc) is 3.09. The van der Waals surface area contributed by atoms with Crippen molar-refractivity contribution in [2.24, 2.45) is 0 Å². The maximum Gasteiger partial charge on any atom is 0.416 e. The Bertz CT molecular complexity index is 665. The minimum absolute atomic E-state index is 0.471. The van der Waals surface area contributed by atoms with E-state index in [1.807, 2.05) is 12.3 Å². The second-order valence-electron chi connectivity index (χ2n) is 6.65. The van der Waals surface area contributed by atoms with E-state index in [2.05, 4.69) is 14.9 Å². The third-order valence-electron chi connectivity index (χ3n) is 4.58. The highest BCUT2D eigenvalue weighted by Gasteiger charge is 2.30. The largest absolute Gasteiger partial charge is 0.416 e. The number of halogens is 3. The molecule has 2 aromatic rings. The van der Waals surface area contributed by atoms with E-state index in [-0.39, 0.29) is 0 Å². The summed E-state index contributed by atoms with van der Waals surface area (Å²) >= 11 is 0. The molecule has 1 aliphatic rings. The molecule has 0 saturated carbocycles. The molecular weight excluding hydrogens is 345 g/mol. The predicted molar refractivity (Wildman–Crippen MR) is 91.4 cm³/mol. The Morgan fingerprint density at radius 1 is 1.00 bits per heavy atom. The van der Waals surface area contributed by atoms with Crippen LogP contribution in [0.1, 0.15) is 11.1 Å². The van der Waals surface area contributed by atoms with Gasteiger partial charge in [-0.3, -0.25) is 14.5 Å². The van der Waals surface area contributed by atoms with Gasteiger partial charge in [0.15, 0.2) is 0 Å². The van der Waals surface area contributed by atoms with Gasteiger partial charge in [0, 0.05) is 51.7 Å². The van der Waals surface area contributed by atoms with E-state index < -0.39 is 17.8 Å². The quantitative estimate of drug-likeness (QED) is 0.848. The van der Waals surface area contributed by atoms with E-state index >= 15 is 0 Å². The van der Waals surface area contributed by atoms with E-state index in [4.69, 9.17) is 0 Å². The monoisotopic (exact) mass is 368 g/mol. The van der Waals surface area contributed by atoms with Crippen molar-refractivity contribution in [1.29, 1.82) is 0 Å². The molecule has 1 unspecified atom stereocenters. The summed E-state index contributed by atoms with van der Waals surface area (Å²) in [6.45, 7) is 5.02. The summed E-state index contributed by atoms with van der Waals surface area (Å²) in [5.74, 6) is 0. The van der Waals surface area contributed by atoms with Gasteiger partial charge in [0.1, 0.15) is 0 Å². The standard InChI is InChI=1S/C18H23F3N4O/c19-18(20,21)16-4-2-15(3-5-16)12-23-8-10-24(11-9-23)13-17(26)14-25-7-1-6-22-25/h1-7,17,26H,8-14H2. The Balaban J connectivity index is 1.42. The molecular formula is C18H23F3N4O. The summed E-state index contributed by atoms with van der Waals surface area (Å²) in [5, 5.41) is 14.2. The highest BCUT2D eigenvalue weighted by atomic mass is 19.4. The molecule has 1 aromatic carbocycles. The van der Waals surface area contributed by atoms with Crippen molar-refractivity contribution < 1.29 is 18.3 Å². The molecule has 0 radical (unpaired) electrons. The zero-order valence-corrected chi connectivity index (χ0v) is 14.4. The first-order chi connectivity index (χ1) is 12.4. The van der Waals surface area contributed by atoms with Crippen LogP contribution < -0.4 is 0 Å². The molecule has 0 spiro atoms. The molecule has 3 rings (SSSR count). The van der Waals surface area contributed by atoms with Crippen molar-refractivity contribution in [2.45, 2.75) is 25.4 Å². The second kappa shape index (κ2) is 8.20. The van der Waals surface area contributed by atoms with Crippen molar-refractivity contribution in [2.75, 3.05) is 32.7 Å². The minimum Gasteiger partial charge on any atom is -0.390 e. The van der Waals surface area contributed by atoms with Crippen LogP contribution in [0.25, 0.3) is 0 Å².